The van der Waals surface area contributed by atoms with E-state index in [-0.39, 0.29) is 11.5 Å². The molecule has 7 nitrogen and oxygen atoms in total. The molecule has 7 heteroatoms. The third-order valence-electron chi connectivity index (χ3n) is 3.39. The molecular formula is C12H17N3O4. The van der Waals surface area contributed by atoms with Crippen molar-refractivity contribution in [2.75, 3.05) is 32.2 Å². The molecule has 1 N–H and O–H groups in total. The van der Waals surface area contributed by atoms with E-state index in [4.69, 9.17) is 9.47 Å². The van der Waals surface area contributed by atoms with Crippen LogP contribution in [-0.2, 0) is 9.47 Å². The van der Waals surface area contributed by atoms with Gasteiger partial charge in [-0.25, -0.2) is 4.98 Å². The van der Waals surface area contributed by atoms with E-state index in [9.17, 15) is 10.1 Å². The van der Waals surface area contributed by atoms with Crippen molar-refractivity contribution in [3.63, 3.8) is 0 Å². The number of nitrogens with zero attached hydrogens (tertiary/aromatic N) is 2. The first-order valence-electron chi connectivity index (χ1n) is 6.05. The predicted octanol–water partition coefficient (Wildman–Crippen LogP) is 1.52. The molecule has 1 unspecified atom stereocenters. The molecule has 1 fully saturated rings. The first kappa shape index (κ1) is 13.7. The maximum Gasteiger partial charge on any atom is 0.314 e. The molecule has 0 amide bonds. The zero-order valence-electron chi connectivity index (χ0n) is 11.0. The predicted molar refractivity (Wildman–Crippen MR) is 69.3 cm³/mol. The van der Waals surface area contributed by atoms with Gasteiger partial charge in [0.05, 0.1) is 11.5 Å². The smallest absolute Gasteiger partial charge is 0.314 e. The molecular weight excluding hydrogens is 250 g/mol. The number of hydrogen-bond acceptors (Lipinski definition) is 6. The highest BCUT2D eigenvalue weighted by molar-refractivity contribution is 5.59. The number of nitrogens with one attached hydrogen (secondary N) is 1. The van der Waals surface area contributed by atoms with Crippen LogP contribution in [0.4, 0.5) is 11.5 Å². The quantitative estimate of drug-likeness (QED) is 0.643. The van der Waals surface area contributed by atoms with E-state index < -0.39 is 10.5 Å². The molecule has 0 spiro atoms. The number of hydrogen-bond donors (Lipinski definition) is 1. The summed E-state index contributed by atoms with van der Waals surface area (Å²) >= 11 is 0. The zero-order valence-corrected chi connectivity index (χ0v) is 11.0. The Labute approximate surface area is 111 Å². The molecule has 1 aliphatic heterocycles. The standard InChI is InChI=1S/C12H17N3O4/c1-9-3-5-13-11(10(9)15(16)17)14-7-12(18-2)4-6-19-8-12/h3,5H,4,6-8H2,1-2H3,(H,13,14). The Bertz CT molecular complexity index is 472. The van der Waals surface area contributed by atoms with E-state index in [1.807, 2.05) is 0 Å². The van der Waals surface area contributed by atoms with E-state index in [0.717, 1.165) is 6.42 Å². The van der Waals surface area contributed by atoms with Crippen LogP contribution in [-0.4, -0.2) is 42.4 Å². The minimum Gasteiger partial charge on any atom is -0.378 e. The molecule has 19 heavy (non-hydrogen) atoms. The van der Waals surface area contributed by atoms with Crippen LogP contribution >= 0.6 is 0 Å². The first-order valence-corrected chi connectivity index (χ1v) is 6.05. The molecule has 0 radical (unpaired) electrons. The van der Waals surface area contributed by atoms with E-state index in [1.54, 1.807) is 26.3 Å². The summed E-state index contributed by atoms with van der Waals surface area (Å²) in [5.41, 5.74) is 0.156. The Morgan fingerprint density at radius 1 is 1.68 bits per heavy atom. The van der Waals surface area contributed by atoms with Gasteiger partial charge in [0.25, 0.3) is 0 Å². The van der Waals surface area contributed by atoms with Crippen molar-refractivity contribution in [3.8, 4) is 0 Å². The van der Waals surface area contributed by atoms with E-state index in [0.29, 0.717) is 25.3 Å². The van der Waals surface area contributed by atoms with Gasteiger partial charge >= 0.3 is 5.69 Å². The monoisotopic (exact) mass is 267 g/mol. The lowest BCUT2D eigenvalue weighted by molar-refractivity contribution is -0.384. The van der Waals surface area contributed by atoms with Crippen LogP contribution in [0.5, 0.6) is 0 Å². The van der Waals surface area contributed by atoms with Gasteiger partial charge in [0.1, 0.15) is 5.60 Å². The van der Waals surface area contributed by atoms with Crippen LogP contribution in [0, 0.1) is 17.0 Å². The van der Waals surface area contributed by atoms with Crippen molar-refractivity contribution in [2.24, 2.45) is 0 Å². The first-order chi connectivity index (χ1) is 9.08. The largest absolute Gasteiger partial charge is 0.378 e. The molecule has 104 valence electrons. The van der Waals surface area contributed by atoms with Gasteiger partial charge in [0.2, 0.25) is 5.82 Å². The minimum atomic E-state index is -0.431. The van der Waals surface area contributed by atoms with Gasteiger partial charge in [-0.1, -0.05) is 0 Å². The van der Waals surface area contributed by atoms with Crippen molar-refractivity contribution in [1.29, 1.82) is 0 Å². The minimum absolute atomic E-state index is 0.00710. The van der Waals surface area contributed by atoms with Gasteiger partial charge in [-0.15, -0.1) is 0 Å². The number of methoxy groups -OCH3 is 1. The van der Waals surface area contributed by atoms with Crippen LogP contribution in [0.25, 0.3) is 0 Å². The van der Waals surface area contributed by atoms with Crippen molar-refractivity contribution >= 4 is 11.5 Å². The lowest BCUT2D eigenvalue weighted by Crippen LogP contribution is -2.39. The molecule has 0 aromatic carbocycles. The van der Waals surface area contributed by atoms with Crippen LogP contribution in [0.3, 0.4) is 0 Å². The third-order valence-corrected chi connectivity index (χ3v) is 3.39. The lowest BCUT2D eigenvalue weighted by Gasteiger charge is -2.26. The summed E-state index contributed by atoms with van der Waals surface area (Å²) in [6.07, 6.45) is 2.31. The van der Waals surface area contributed by atoms with E-state index in [1.165, 1.54) is 0 Å². The highest BCUT2D eigenvalue weighted by Crippen LogP contribution is 2.28. The summed E-state index contributed by atoms with van der Waals surface area (Å²) in [5, 5.41) is 14.1. The van der Waals surface area contributed by atoms with E-state index >= 15 is 0 Å². The van der Waals surface area contributed by atoms with Crippen LogP contribution in [0.2, 0.25) is 0 Å². The second-order valence-corrected chi connectivity index (χ2v) is 4.63. The van der Waals surface area contributed by atoms with Gasteiger partial charge in [0.15, 0.2) is 0 Å². The second-order valence-electron chi connectivity index (χ2n) is 4.63. The number of aromatic nitrogens is 1. The summed E-state index contributed by atoms with van der Waals surface area (Å²) in [6, 6.07) is 1.62. The number of anilines is 1. The average Bonchev–Trinajstić information content (AvgIpc) is 2.85. The number of ether oxygens (including phenoxy) is 2. The molecule has 1 saturated heterocycles. The Hall–Kier alpha value is -1.73. The fraction of sp³-hybridized carbons (Fsp3) is 0.583. The Balaban J connectivity index is 2.15. The molecule has 1 aliphatic rings. The molecule has 1 aromatic heterocycles. The summed E-state index contributed by atoms with van der Waals surface area (Å²) < 4.78 is 10.8. The number of pyridine rings is 1. The van der Waals surface area contributed by atoms with Crippen molar-refractivity contribution in [1.82, 2.24) is 4.98 Å². The molecule has 2 rings (SSSR count). The Morgan fingerprint density at radius 3 is 3.05 bits per heavy atom. The third kappa shape index (κ3) is 2.82. The van der Waals surface area contributed by atoms with Gasteiger partial charge in [-0.3, -0.25) is 10.1 Å². The highest BCUT2D eigenvalue weighted by Gasteiger charge is 2.35. The van der Waals surface area contributed by atoms with Gasteiger partial charge in [0, 0.05) is 38.4 Å². The molecule has 0 saturated carbocycles. The number of nitro groups is 1. The van der Waals surface area contributed by atoms with Crippen LogP contribution in [0.15, 0.2) is 12.3 Å². The molecule has 0 aliphatic carbocycles. The van der Waals surface area contributed by atoms with Crippen LogP contribution in [0.1, 0.15) is 12.0 Å². The summed E-state index contributed by atoms with van der Waals surface area (Å²) in [6.45, 7) is 3.24. The highest BCUT2D eigenvalue weighted by atomic mass is 16.6. The summed E-state index contributed by atoms with van der Waals surface area (Å²) in [4.78, 5) is 14.7. The van der Waals surface area contributed by atoms with Gasteiger partial charge < -0.3 is 14.8 Å². The maximum absolute atomic E-state index is 11.1. The second kappa shape index (κ2) is 5.50. The topological polar surface area (TPSA) is 86.5 Å². The maximum atomic E-state index is 11.1. The summed E-state index contributed by atoms with van der Waals surface area (Å²) in [5.74, 6) is 0.272. The lowest BCUT2D eigenvalue weighted by atomic mass is 10.0. The van der Waals surface area contributed by atoms with Crippen molar-refractivity contribution in [2.45, 2.75) is 18.9 Å². The van der Waals surface area contributed by atoms with Gasteiger partial charge in [-0.2, -0.15) is 0 Å². The molecule has 1 aromatic rings. The van der Waals surface area contributed by atoms with E-state index in [2.05, 4.69) is 10.3 Å². The average molecular weight is 267 g/mol. The normalized spacial score (nSPS) is 22.4. The molecule has 2 heterocycles. The fourth-order valence-corrected chi connectivity index (χ4v) is 2.12. The van der Waals surface area contributed by atoms with Gasteiger partial charge in [-0.05, 0) is 13.0 Å². The van der Waals surface area contributed by atoms with Crippen molar-refractivity contribution < 1.29 is 14.4 Å². The summed E-state index contributed by atoms with van der Waals surface area (Å²) in [7, 11) is 1.62. The van der Waals surface area contributed by atoms with Crippen LogP contribution < -0.4 is 5.32 Å². The SMILES string of the molecule is COC1(CNc2nccc(C)c2[N+](=O)[O-])CCOC1. The molecule has 0 bridgehead atoms. The number of rotatable bonds is 5. The Morgan fingerprint density at radius 2 is 2.47 bits per heavy atom. The molecule has 1 atom stereocenters. The van der Waals surface area contributed by atoms with Crippen molar-refractivity contribution in [3.05, 3.63) is 27.9 Å². The number of aryl methyl sites for hydroxylation is 1. The fourth-order valence-electron chi connectivity index (χ4n) is 2.12. The zero-order chi connectivity index (χ0) is 13.9. The Kier molecular flexibility index (Phi) is 3.96.